The Kier molecular flexibility index (Phi) is 3.02. The van der Waals surface area contributed by atoms with E-state index in [4.69, 9.17) is 5.11 Å². The Morgan fingerprint density at radius 3 is 2.18 bits per heavy atom. The first-order valence-electron chi connectivity index (χ1n) is 6.66. The fourth-order valence-electron chi connectivity index (χ4n) is 2.18. The average Bonchev–Trinajstić information content (AvgIpc) is 3.23. The number of hydrogen-bond donors (Lipinski definition) is 1. The number of nitrogens with zero attached hydrogens (tertiary/aromatic N) is 2. The molecule has 1 heterocycles. The Morgan fingerprint density at radius 1 is 1.12 bits per heavy atom. The third kappa shape index (κ3) is 2.97. The Balaban J connectivity index is 1.69. The summed E-state index contributed by atoms with van der Waals surface area (Å²) in [7, 11) is 0. The highest BCUT2D eigenvalue weighted by Crippen LogP contribution is 2.35. The first-order valence-corrected chi connectivity index (χ1v) is 6.66. The number of hydrogen-bond acceptors (Lipinski definition) is 3. The molecule has 2 fully saturated rings. The van der Waals surface area contributed by atoms with E-state index in [2.05, 4.69) is 16.0 Å². The van der Waals surface area contributed by atoms with Crippen LogP contribution >= 0.6 is 0 Å². The van der Waals surface area contributed by atoms with E-state index in [1.54, 1.807) is 6.20 Å². The third-order valence-corrected chi connectivity index (χ3v) is 3.67. The molecule has 2 aliphatic carbocycles. The minimum absolute atomic E-state index is 0.0819. The lowest BCUT2D eigenvalue weighted by Crippen LogP contribution is -2.28. The second-order valence-electron chi connectivity index (χ2n) is 5.47. The van der Waals surface area contributed by atoms with E-state index in [1.807, 2.05) is 6.07 Å². The average molecular weight is 232 g/mol. The molecule has 0 aromatic carbocycles. The molecule has 17 heavy (non-hydrogen) atoms. The summed E-state index contributed by atoms with van der Waals surface area (Å²) >= 11 is 0. The molecule has 0 radical (unpaired) electrons. The minimum Gasteiger partial charge on any atom is -0.392 e. The van der Waals surface area contributed by atoms with E-state index in [0.29, 0.717) is 0 Å². The molecule has 1 aromatic heterocycles. The first kappa shape index (κ1) is 11.0. The van der Waals surface area contributed by atoms with Gasteiger partial charge in [0.1, 0.15) is 5.82 Å². The quantitative estimate of drug-likeness (QED) is 0.817. The van der Waals surface area contributed by atoms with Crippen LogP contribution in [0.1, 0.15) is 31.2 Å². The highest BCUT2D eigenvalue weighted by atomic mass is 16.3. The van der Waals surface area contributed by atoms with Crippen molar-refractivity contribution < 1.29 is 5.11 Å². The van der Waals surface area contributed by atoms with Crippen molar-refractivity contribution in [2.45, 2.75) is 32.3 Å². The molecule has 0 aliphatic heterocycles. The van der Waals surface area contributed by atoms with Crippen LogP contribution in [-0.4, -0.2) is 23.2 Å². The summed E-state index contributed by atoms with van der Waals surface area (Å²) in [6.45, 7) is 2.42. The maximum Gasteiger partial charge on any atom is 0.128 e. The molecule has 0 amide bonds. The Hall–Kier alpha value is -1.09. The van der Waals surface area contributed by atoms with E-state index in [0.717, 1.165) is 23.2 Å². The SMILES string of the molecule is OCc1ccc(N(CC2CC2)CC2CC2)nc1. The summed E-state index contributed by atoms with van der Waals surface area (Å²) in [4.78, 5) is 6.92. The van der Waals surface area contributed by atoms with Crippen molar-refractivity contribution in [1.82, 2.24) is 4.98 Å². The summed E-state index contributed by atoms with van der Waals surface area (Å²) in [6, 6.07) is 4.03. The molecule has 2 aliphatic rings. The summed E-state index contributed by atoms with van der Waals surface area (Å²) in [5.41, 5.74) is 0.895. The van der Waals surface area contributed by atoms with Gasteiger partial charge in [-0.2, -0.15) is 0 Å². The van der Waals surface area contributed by atoms with Crippen LogP contribution in [0.4, 0.5) is 5.82 Å². The Bertz CT molecular complexity index is 354. The van der Waals surface area contributed by atoms with Gasteiger partial charge >= 0.3 is 0 Å². The van der Waals surface area contributed by atoms with Crippen molar-refractivity contribution in [3.8, 4) is 0 Å². The fourth-order valence-corrected chi connectivity index (χ4v) is 2.18. The van der Waals surface area contributed by atoms with Gasteiger partial charge in [-0.1, -0.05) is 6.07 Å². The molecule has 0 spiro atoms. The molecule has 0 atom stereocenters. The van der Waals surface area contributed by atoms with Crippen LogP contribution in [0.3, 0.4) is 0 Å². The Labute approximate surface area is 102 Å². The van der Waals surface area contributed by atoms with E-state index >= 15 is 0 Å². The number of aliphatic hydroxyl groups excluding tert-OH is 1. The second kappa shape index (κ2) is 4.65. The van der Waals surface area contributed by atoms with Gasteiger partial charge in [-0.25, -0.2) is 4.98 Å². The lowest BCUT2D eigenvalue weighted by atomic mass is 10.2. The number of aliphatic hydroxyl groups is 1. The van der Waals surface area contributed by atoms with Crippen LogP contribution in [0.25, 0.3) is 0 Å². The topological polar surface area (TPSA) is 36.4 Å². The highest BCUT2D eigenvalue weighted by Gasteiger charge is 2.29. The number of pyridine rings is 1. The molecule has 3 nitrogen and oxygen atoms in total. The smallest absolute Gasteiger partial charge is 0.128 e. The van der Waals surface area contributed by atoms with Gasteiger partial charge in [0.15, 0.2) is 0 Å². The molecular formula is C14H20N2O. The van der Waals surface area contributed by atoms with E-state index in [1.165, 1.54) is 38.8 Å². The zero-order chi connectivity index (χ0) is 11.7. The van der Waals surface area contributed by atoms with E-state index < -0.39 is 0 Å². The van der Waals surface area contributed by atoms with Crippen molar-refractivity contribution >= 4 is 5.82 Å². The third-order valence-electron chi connectivity index (χ3n) is 3.67. The molecule has 2 saturated carbocycles. The summed E-state index contributed by atoms with van der Waals surface area (Å²) in [5, 5.41) is 9.02. The highest BCUT2D eigenvalue weighted by molar-refractivity contribution is 5.40. The number of rotatable bonds is 6. The normalized spacial score (nSPS) is 19.4. The van der Waals surface area contributed by atoms with Crippen LogP contribution in [0.2, 0.25) is 0 Å². The second-order valence-corrected chi connectivity index (χ2v) is 5.47. The molecule has 3 heteroatoms. The molecular weight excluding hydrogens is 212 g/mol. The van der Waals surface area contributed by atoms with E-state index in [9.17, 15) is 0 Å². The summed E-state index contributed by atoms with van der Waals surface area (Å²) in [6.07, 6.45) is 7.33. The van der Waals surface area contributed by atoms with Gasteiger partial charge in [0.2, 0.25) is 0 Å². The van der Waals surface area contributed by atoms with Gasteiger partial charge in [0.05, 0.1) is 6.61 Å². The predicted molar refractivity (Wildman–Crippen MR) is 67.8 cm³/mol. The number of anilines is 1. The molecule has 92 valence electrons. The lowest BCUT2D eigenvalue weighted by molar-refractivity contribution is 0.281. The van der Waals surface area contributed by atoms with Gasteiger partial charge in [-0.15, -0.1) is 0 Å². The summed E-state index contributed by atoms with van der Waals surface area (Å²) in [5.74, 6) is 2.88. The largest absolute Gasteiger partial charge is 0.392 e. The lowest BCUT2D eigenvalue weighted by Gasteiger charge is -2.23. The van der Waals surface area contributed by atoms with Crippen LogP contribution in [0, 0.1) is 11.8 Å². The monoisotopic (exact) mass is 232 g/mol. The van der Waals surface area contributed by atoms with Gasteiger partial charge in [-0.3, -0.25) is 0 Å². The van der Waals surface area contributed by atoms with Crippen molar-refractivity contribution in [2.24, 2.45) is 11.8 Å². The van der Waals surface area contributed by atoms with Crippen molar-refractivity contribution in [3.05, 3.63) is 23.9 Å². The van der Waals surface area contributed by atoms with E-state index in [-0.39, 0.29) is 6.61 Å². The van der Waals surface area contributed by atoms with Gasteiger partial charge in [0.25, 0.3) is 0 Å². The van der Waals surface area contributed by atoms with Crippen LogP contribution in [0.15, 0.2) is 18.3 Å². The fraction of sp³-hybridized carbons (Fsp3) is 0.643. The molecule has 1 aromatic rings. The maximum atomic E-state index is 9.02. The molecule has 0 unspecified atom stereocenters. The predicted octanol–water partition coefficient (Wildman–Crippen LogP) is 2.20. The van der Waals surface area contributed by atoms with Crippen molar-refractivity contribution in [3.63, 3.8) is 0 Å². The molecule has 3 rings (SSSR count). The summed E-state index contributed by atoms with van der Waals surface area (Å²) < 4.78 is 0. The van der Waals surface area contributed by atoms with Gasteiger partial charge in [0, 0.05) is 19.3 Å². The number of aromatic nitrogens is 1. The van der Waals surface area contributed by atoms with Crippen LogP contribution < -0.4 is 4.90 Å². The van der Waals surface area contributed by atoms with Crippen LogP contribution in [0.5, 0.6) is 0 Å². The maximum absolute atomic E-state index is 9.02. The van der Waals surface area contributed by atoms with Crippen molar-refractivity contribution in [1.29, 1.82) is 0 Å². The molecule has 0 saturated heterocycles. The van der Waals surface area contributed by atoms with Crippen LogP contribution in [-0.2, 0) is 6.61 Å². The van der Waals surface area contributed by atoms with Gasteiger partial charge < -0.3 is 10.0 Å². The van der Waals surface area contributed by atoms with Crippen molar-refractivity contribution in [2.75, 3.05) is 18.0 Å². The Morgan fingerprint density at radius 2 is 1.76 bits per heavy atom. The zero-order valence-electron chi connectivity index (χ0n) is 10.2. The molecule has 1 N–H and O–H groups in total. The first-order chi connectivity index (χ1) is 8.35. The standard InChI is InChI=1S/C14H20N2O/c17-10-13-5-6-14(15-7-13)16(8-11-1-2-11)9-12-3-4-12/h5-7,11-12,17H,1-4,8-10H2. The zero-order valence-corrected chi connectivity index (χ0v) is 10.2. The van der Waals surface area contributed by atoms with Gasteiger partial charge in [-0.05, 0) is 49.1 Å². The molecule has 0 bridgehead atoms. The minimum atomic E-state index is 0.0819.